The highest BCUT2D eigenvalue weighted by atomic mass is 127. The molecule has 0 spiro atoms. The second kappa shape index (κ2) is 9.96. The van der Waals surface area contributed by atoms with E-state index in [9.17, 15) is 0 Å². The maximum absolute atomic E-state index is 15.1. The molecule has 0 unspecified atom stereocenters. The number of hydrogen-bond acceptors (Lipinski definition) is 4. The Morgan fingerprint density at radius 2 is 1.59 bits per heavy atom. The zero-order chi connectivity index (χ0) is 19.1. The SMILES string of the molecule is COCOc1cc(OCc2ccccc2)c(I)c(F)c1Sc1ccccc1. The van der Waals surface area contributed by atoms with Gasteiger partial charge in [-0.15, -0.1) is 0 Å². The number of hydrogen-bond donors (Lipinski definition) is 0. The van der Waals surface area contributed by atoms with Crippen molar-refractivity contribution in [2.45, 2.75) is 16.4 Å². The summed E-state index contributed by atoms with van der Waals surface area (Å²) in [7, 11) is 1.53. The summed E-state index contributed by atoms with van der Waals surface area (Å²) in [4.78, 5) is 1.34. The third-order valence-electron chi connectivity index (χ3n) is 3.63. The third kappa shape index (κ3) is 5.37. The van der Waals surface area contributed by atoms with Crippen molar-refractivity contribution in [3.63, 3.8) is 0 Å². The molecule has 0 aromatic heterocycles. The summed E-state index contributed by atoms with van der Waals surface area (Å²) < 4.78 is 32.0. The summed E-state index contributed by atoms with van der Waals surface area (Å²) in [6.07, 6.45) is 0. The lowest BCUT2D eigenvalue weighted by Gasteiger charge is -2.16. The van der Waals surface area contributed by atoms with E-state index in [1.807, 2.05) is 83.3 Å². The molecule has 0 atom stereocenters. The highest BCUT2D eigenvalue weighted by molar-refractivity contribution is 14.1. The van der Waals surface area contributed by atoms with E-state index in [1.54, 1.807) is 6.07 Å². The van der Waals surface area contributed by atoms with Crippen LogP contribution in [0.1, 0.15) is 5.56 Å². The van der Waals surface area contributed by atoms with E-state index in [1.165, 1.54) is 18.9 Å². The number of halogens is 2. The molecule has 0 saturated carbocycles. The first-order chi connectivity index (χ1) is 13.2. The molecule has 6 heteroatoms. The summed E-state index contributed by atoms with van der Waals surface area (Å²) in [6, 6.07) is 21.1. The fraction of sp³-hybridized carbons (Fsp3) is 0.143. The minimum atomic E-state index is -0.360. The highest BCUT2D eigenvalue weighted by Gasteiger charge is 2.20. The van der Waals surface area contributed by atoms with Crippen molar-refractivity contribution >= 4 is 34.4 Å². The maximum atomic E-state index is 15.1. The Kier molecular flexibility index (Phi) is 7.37. The van der Waals surface area contributed by atoms with E-state index in [0.29, 0.717) is 26.6 Å². The number of benzene rings is 3. The summed E-state index contributed by atoms with van der Waals surface area (Å²) in [6.45, 7) is 0.381. The van der Waals surface area contributed by atoms with Gasteiger partial charge in [-0.05, 0) is 40.3 Å². The van der Waals surface area contributed by atoms with Gasteiger partial charge in [0.25, 0.3) is 0 Å². The first kappa shape index (κ1) is 20.0. The van der Waals surface area contributed by atoms with Gasteiger partial charge in [-0.1, -0.05) is 60.3 Å². The van der Waals surface area contributed by atoms with Gasteiger partial charge < -0.3 is 14.2 Å². The van der Waals surface area contributed by atoms with Gasteiger partial charge in [0.15, 0.2) is 12.6 Å². The second-order valence-corrected chi connectivity index (χ2v) is 7.73. The van der Waals surface area contributed by atoms with Gasteiger partial charge in [-0.2, -0.15) is 0 Å². The average Bonchev–Trinajstić information content (AvgIpc) is 2.71. The molecule has 3 nitrogen and oxygen atoms in total. The predicted octanol–water partition coefficient (Wildman–Crippen LogP) is 6.14. The standard InChI is InChI=1S/C21H18FIO3S/c1-24-14-26-18-12-17(25-13-15-8-4-2-5-9-15)20(23)19(22)21(18)27-16-10-6-3-7-11-16/h2-12H,13-14H2,1H3. The van der Waals surface area contributed by atoms with Gasteiger partial charge in [0.05, 0.1) is 8.47 Å². The second-order valence-electron chi connectivity index (χ2n) is 5.57. The van der Waals surface area contributed by atoms with Crippen LogP contribution in [0.15, 0.2) is 76.5 Å². The monoisotopic (exact) mass is 496 g/mol. The van der Waals surface area contributed by atoms with Gasteiger partial charge in [-0.3, -0.25) is 0 Å². The van der Waals surface area contributed by atoms with E-state index >= 15 is 4.39 Å². The van der Waals surface area contributed by atoms with Crippen molar-refractivity contribution in [2.24, 2.45) is 0 Å². The lowest BCUT2D eigenvalue weighted by molar-refractivity contribution is 0.0484. The van der Waals surface area contributed by atoms with Gasteiger partial charge >= 0.3 is 0 Å². The first-order valence-corrected chi connectivity index (χ1v) is 10.1. The minimum absolute atomic E-state index is 0.0283. The highest BCUT2D eigenvalue weighted by Crippen LogP contribution is 2.42. The Balaban J connectivity index is 1.90. The Labute approximate surface area is 176 Å². The van der Waals surface area contributed by atoms with E-state index in [2.05, 4.69) is 0 Å². The van der Waals surface area contributed by atoms with Crippen molar-refractivity contribution in [3.8, 4) is 11.5 Å². The average molecular weight is 496 g/mol. The van der Waals surface area contributed by atoms with Crippen molar-refractivity contribution < 1.29 is 18.6 Å². The molecule has 0 N–H and O–H groups in total. The molecular weight excluding hydrogens is 478 g/mol. The number of methoxy groups -OCH3 is 1. The molecule has 3 rings (SSSR count). The van der Waals surface area contributed by atoms with Crippen molar-refractivity contribution in [2.75, 3.05) is 13.9 Å². The largest absolute Gasteiger partial charge is 0.488 e. The van der Waals surface area contributed by atoms with Crippen molar-refractivity contribution in [1.82, 2.24) is 0 Å². The molecule has 0 fully saturated rings. The lowest BCUT2D eigenvalue weighted by Crippen LogP contribution is -2.04. The third-order valence-corrected chi connectivity index (χ3v) is 5.72. The number of ether oxygens (including phenoxy) is 3. The summed E-state index contributed by atoms with van der Waals surface area (Å²) in [5, 5.41) is 0. The van der Waals surface area contributed by atoms with Crippen LogP contribution < -0.4 is 9.47 Å². The fourth-order valence-electron chi connectivity index (χ4n) is 2.34. The van der Waals surface area contributed by atoms with Gasteiger partial charge in [0, 0.05) is 18.1 Å². The van der Waals surface area contributed by atoms with Gasteiger partial charge in [0.2, 0.25) is 0 Å². The van der Waals surface area contributed by atoms with Crippen LogP contribution in [-0.4, -0.2) is 13.9 Å². The molecule has 0 heterocycles. The smallest absolute Gasteiger partial charge is 0.188 e. The molecule has 0 aliphatic carbocycles. The summed E-state index contributed by atoms with van der Waals surface area (Å²) in [5.74, 6) is 0.480. The molecule has 3 aromatic carbocycles. The molecule has 3 aromatic rings. The van der Waals surface area contributed by atoms with Gasteiger partial charge in [0.1, 0.15) is 18.1 Å². The summed E-state index contributed by atoms with van der Waals surface area (Å²) in [5.41, 5.74) is 1.01. The lowest BCUT2D eigenvalue weighted by atomic mass is 10.2. The van der Waals surface area contributed by atoms with Crippen LogP contribution in [0.3, 0.4) is 0 Å². The van der Waals surface area contributed by atoms with E-state index < -0.39 is 0 Å². The fourth-order valence-corrected chi connectivity index (χ4v) is 4.04. The molecule has 27 heavy (non-hydrogen) atoms. The maximum Gasteiger partial charge on any atom is 0.188 e. The van der Waals surface area contributed by atoms with Crippen LogP contribution >= 0.6 is 34.4 Å². The summed E-state index contributed by atoms with van der Waals surface area (Å²) >= 11 is 3.28. The van der Waals surface area contributed by atoms with E-state index in [-0.39, 0.29) is 12.6 Å². The van der Waals surface area contributed by atoms with Crippen LogP contribution in [0, 0.1) is 9.39 Å². The van der Waals surface area contributed by atoms with Gasteiger partial charge in [-0.25, -0.2) is 4.39 Å². The Bertz CT molecular complexity index is 876. The quantitative estimate of drug-likeness (QED) is 0.277. The molecule has 0 saturated heterocycles. The van der Waals surface area contributed by atoms with Crippen LogP contribution in [0.4, 0.5) is 4.39 Å². The van der Waals surface area contributed by atoms with Crippen LogP contribution in [0.5, 0.6) is 11.5 Å². The minimum Gasteiger partial charge on any atom is -0.488 e. The molecule has 140 valence electrons. The van der Waals surface area contributed by atoms with Crippen LogP contribution in [-0.2, 0) is 11.3 Å². The molecule has 0 aliphatic rings. The Hall–Kier alpha value is -1.77. The normalized spacial score (nSPS) is 10.6. The van der Waals surface area contributed by atoms with Crippen LogP contribution in [0.2, 0.25) is 0 Å². The predicted molar refractivity (Wildman–Crippen MR) is 113 cm³/mol. The van der Waals surface area contributed by atoms with Crippen LogP contribution in [0.25, 0.3) is 0 Å². The Morgan fingerprint density at radius 1 is 0.926 bits per heavy atom. The molecule has 0 aliphatic heterocycles. The molecule has 0 bridgehead atoms. The topological polar surface area (TPSA) is 27.7 Å². The zero-order valence-corrected chi connectivity index (χ0v) is 17.6. The Morgan fingerprint density at radius 3 is 2.26 bits per heavy atom. The van der Waals surface area contributed by atoms with Crippen molar-refractivity contribution in [1.29, 1.82) is 0 Å². The van der Waals surface area contributed by atoms with E-state index in [4.69, 9.17) is 14.2 Å². The number of rotatable bonds is 8. The molecular formula is C21H18FIO3S. The zero-order valence-electron chi connectivity index (χ0n) is 14.7. The first-order valence-electron chi connectivity index (χ1n) is 8.22. The van der Waals surface area contributed by atoms with E-state index in [0.717, 1.165) is 10.5 Å². The molecule has 0 amide bonds. The van der Waals surface area contributed by atoms with Crippen molar-refractivity contribution in [3.05, 3.63) is 81.7 Å². The molecule has 0 radical (unpaired) electrons.